The second-order valence-corrected chi connectivity index (χ2v) is 4.18. The van der Waals surface area contributed by atoms with Gasteiger partial charge in [-0.05, 0) is 24.6 Å². The van der Waals surface area contributed by atoms with Gasteiger partial charge in [-0.2, -0.15) is 5.26 Å². The van der Waals surface area contributed by atoms with Gasteiger partial charge in [0, 0.05) is 13.1 Å². The Balaban J connectivity index is 2.09. The Hall–Kier alpha value is -1.57. The van der Waals surface area contributed by atoms with Crippen molar-refractivity contribution in [2.45, 2.75) is 13.0 Å². The minimum atomic E-state index is -0.190. The number of morpholine rings is 1. The van der Waals surface area contributed by atoms with E-state index in [0.29, 0.717) is 19.8 Å². The van der Waals surface area contributed by atoms with E-state index < -0.39 is 0 Å². The van der Waals surface area contributed by atoms with Crippen molar-refractivity contribution in [2.75, 3.05) is 32.9 Å². The highest BCUT2D eigenvalue weighted by Crippen LogP contribution is 2.23. The SMILES string of the molecule is CCOc1ccc(C(C#N)N2CCOCC2)cc1. The molecule has 0 N–H and O–H groups in total. The minimum absolute atomic E-state index is 0.190. The van der Waals surface area contributed by atoms with Crippen LogP contribution >= 0.6 is 0 Å². The van der Waals surface area contributed by atoms with Gasteiger partial charge in [-0.1, -0.05) is 12.1 Å². The molecule has 1 aromatic rings. The van der Waals surface area contributed by atoms with Crippen LogP contribution in [0.3, 0.4) is 0 Å². The predicted molar refractivity (Wildman–Crippen MR) is 68.4 cm³/mol. The third-order valence-electron chi connectivity index (χ3n) is 3.04. The summed E-state index contributed by atoms with van der Waals surface area (Å²) in [4.78, 5) is 2.15. The molecule has 1 aromatic carbocycles. The molecule has 1 atom stereocenters. The summed E-state index contributed by atoms with van der Waals surface area (Å²) in [6.07, 6.45) is 0. The molecule has 0 amide bonds. The summed E-state index contributed by atoms with van der Waals surface area (Å²) in [6.45, 7) is 5.64. The molecule has 0 saturated carbocycles. The molecule has 96 valence electrons. The first-order valence-electron chi connectivity index (χ1n) is 6.29. The van der Waals surface area contributed by atoms with Crippen molar-refractivity contribution >= 4 is 0 Å². The molecule has 0 aromatic heterocycles. The van der Waals surface area contributed by atoms with E-state index in [1.165, 1.54) is 0 Å². The molecule has 1 fully saturated rings. The molecule has 1 aliphatic heterocycles. The summed E-state index contributed by atoms with van der Waals surface area (Å²) < 4.78 is 10.7. The van der Waals surface area contributed by atoms with E-state index in [1.807, 2.05) is 31.2 Å². The fraction of sp³-hybridized carbons (Fsp3) is 0.500. The number of nitrogens with zero attached hydrogens (tertiary/aromatic N) is 2. The third kappa shape index (κ3) is 3.00. The Labute approximate surface area is 108 Å². The van der Waals surface area contributed by atoms with Crippen LogP contribution in [0.25, 0.3) is 0 Å². The van der Waals surface area contributed by atoms with Crippen LogP contribution in [0.1, 0.15) is 18.5 Å². The van der Waals surface area contributed by atoms with Gasteiger partial charge in [0.25, 0.3) is 0 Å². The number of hydrogen-bond acceptors (Lipinski definition) is 4. The number of hydrogen-bond donors (Lipinski definition) is 0. The van der Waals surface area contributed by atoms with Crippen molar-refractivity contribution in [1.29, 1.82) is 5.26 Å². The molecule has 0 aliphatic carbocycles. The smallest absolute Gasteiger partial charge is 0.124 e. The number of rotatable bonds is 4. The number of benzene rings is 1. The van der Waals surface area contributed by atoms with E-state index in [0.717, 1.165) is 24.4 Å². The van der Waals surface area contributed by atoms with E-state index in [9.17, 15) is 5.26 Å². The summed E-state index contributed by atoms with van der Waals surface area (Å²) in [5.74, 6) is 0.847. The van der Waals surface area contributed by atoms with Crippen LogP contribution in [-0.4, -0.2) is 37.8 Å². The average molecular weight is 246 g/mol. The van der Waals surface area contributed by atoms with Crippen molar-refractivity contribution in [1.82, 2.24) is 4.90 Å². The lowest BCUT2D eigenvalue weighted by molar-refractivity contribution is 0.0266. The third-order valence-corrected chi connectivity index (χ3v) is 3.04. The van der Waals surface area contributed by atoms with Crippen LogP contribution in [0, 0.1) is 11.3 Å². The highest BCUT2D eigenvalue weighted by atomic mass is 16.5. The van der Waals surface area contributed by atoms with E-state index in [4.69, 9.17) is 9.47 Å². The molecule has 1 aliphatic rings. The van der Waals surface area contributed by atoms with Gasteiger partial charge in [0.2, 0.25) is 0 Å². The maximum Gasteiger partial charge on any atom is 0.124 e. The molecule has 4 heteroatoms. The molecule has 0 radical (unpaired) electrons. The van der Waals surface area contributed by atoms with Gasteiger partial charge in [0.05, 0.1) is 25.9 Å². The van der Waals surface area contributed by atoms with Gasteiger partial charge in [0.15, 0.2) is 0 Å². The molecule has 4 nitrogen and oxygen atoms in total. The molecule has 0 spiro atoms. The molecule has 1 saturated heterocycles. The van der Waals surface area contributed by atoms with Crippen molar-refractivity contribution in [3.05, 3.63) is 29.8 Å². The molecule has 1 unspecified atom stereocenters. The molecular formula is C14H18N2O2. The quantitative estimate of drug-likeness (QED) is 0.815. The first-order valence-corrected chi connectivity index (χ1v) is 6.29. The Morgan fingerprint density at radius 2 is 2.00 bits per heavy atom. The maximum atomic E-state index is 9.34. The lowest BCUT2D eigenvalue weighted by atomic mass is 10.1. The van der Waals surface area contributed by atoms with Gasteiger partial charge >= 0.3 is 0 Å². The Morgan fingerprint density at radius 3 is 2.56 bits per heavy atom. The fourth-order valence-electron chi connectivity index (χ4n) is 2.12. The number of nitriles is 1. The topological polar surface area (TPSA) is 45.5 Å². The van der Waals surface area contributed by atoms with Crippen molar-refractivity contribution in [3.8, 4) is 11.8 Å². The second kappa shape index (κ2) is 6.39. The molecular weight excluding hydrogens is 228 g/mol. The Bertz CT molecular complexity index is 405. The van der Waals surface area contributed by atoms with Crippen LogP contribution in [-0.2, 0) is 4.74 Å². The fourth-order valence-corrected chi connectivity index (χ4v) is 2.12. The van der Waals surface area contributed by atoms with Crippen LogP contribution in [0.2, 0.25) is 0 Å². The second-order valence-electron chi connectivity index (χ2n) is 4.18. The van der Waals surface area contributed by atoms with Crippen LogP contribution in [0.4, 0.5) is 0 Å². The lowest BCUT2D eigenvalue weighted by Crippen LogP contribution is -2.38. The van der Waals surface area contributed by atoms with Gasteiger partial charge < -0.3 is 9.47 Å². The van der Waals surface area contributed by atoms with Crippen molar-refractivity contribution < 1.29 is 9.47 Å². The predicted octanol–water partition coefficient (Wildman–Crippen LogP) is 1.98. The highest BCUT2D eigenvalue weighted by Gasteiger charge is 2.22. The standard InChI is InChI=1S/C14H18N2O2/c1-2-18-13-5-3-12(4-6-13)14(11-15)16-7-9-17-10-8-16/h3-6,14H,2,7-10H2,1H3. The van der Waals surface area contributed by atoms with E-state index in [-0.39, 0.29) is 6.04 Å². The van der Waals surface area contributed by atoms with Gasteiger partial charge in [-0.15, -0.1) is 0 Å². The van der Waals surface area contributed by atoms with Crippen LogP contribution < -0.4 is 4.74 Å². The largest absolute Gasteiger partial charge is 0.494 e. The molecule has 1 heterocycles. The zero-order chi connectivity index (χ0) is 12.8. The molecule has 18 heavy (non-hydrogen) atoms. The summed E-state index contributed by atoms with van der Waals surface area (Å²) in [7, 11) is 0. The summed E-state index contributed by atoms with van der Waals surface area (Å²) >= 11 is 0. The summed E-state index contributed by atoms with van der Waals surface area (Å²) in [6, 6.07) is 9.95. The van der Waals surface area contributed by atoms with E-state index >= 15 is 0 Å². The minimum Gasteiger partial charge on any atom is -0.494 e. The lowest BCUT2D eigenvalue weighted by Gasteiger charge is -2.30. The van der Waals surface area contributed by atoms with Gasteiger partial charge in [-0.3, -0.25) is 4.90 Å². The van der Waals surface area contributed by atoms with Crippen molar-refractivity contribution in [2.24, 2.45) is 0 Å². The summed E-state index contributed by atoms with van der Waals surface area (Å²) in [5, 5.41) is 9.34. The Morgan fingerprint density at radius 1 is 1.33 bits per heavy atom. The van der Waals surface area contributed by atoms with E-state index in [1.54, 1.807) is 0 Å². The van der Waals surface area contributed by atoms with Gasteiger partial charge in [0.1, 0.15) is 11.8 Å². The first kappa shape index (κ1) is 12.9. The maximum absolute atomic E-state index is 9.34. The highest BCUT2D eigenvalue weighted by molar-refractivity contribution is 5.31. The van der Waals surface area contributed by atoms with E-state index in [2.05, 4.69) is 11.0 Å². The van der Waals surface area contributed by atoms with Crippen LogP contribution in [0.15, 0.2) is 24.3 Å². The van der Waals surface area contributed by atoms with Crippen molar-refractivity contribution in [3.63, 3.8) is 0 Å². The first-order chi connectivity index (χ1) is 8.85. The van der Waals surface area contributed by atoms with Crippen LogP contribution in [0.5, 0.6) is 5.75 Å². The molecule has 2 rings (SSSR count). The zero-order valence-corrected chi connectivity index (χ0v) is 10.6. The normalized spacial score (nSPS) is 18.0. The average Bonchev–Trinajstić information content (AvgIpc) is 2.43. The molecule has 0 bridgehead atoms. The van der Waals surface area contributed by atoms with Gasteiger partial charge in [-0.25, -0.2) is 0 Å². The Kier molecular flexibility index (Phi) is 4.57. The summed E-state index contributed by atoms with van der Waals surface area (Å²) in [5.41, 5.74) is 1.02. The monoisotopic (exact) mass is 246 g/mol. The zero-order valence-electron chi connectivity index (χ0n) is 10.6. The number of ether oxygens (including phenoxy) is 2.